The normalized spacial score (nSPS) is 16.2. The van der Waals surface area contributed by atoms with Crippen LogP contribution in [0.25, 0.3) is 0 Å². The van der Waals surface area contributed by atoms with E-state index in [-0.39, 0.29) is 0 Å². The molecule has 1 heteroatoms. The summed E-state index contributed by atoms with van der Waals surface area (Å²) in [6, 6.07) is 7.69. The fourth-order valence-electron chi connectivity index (χ4n) is 2.67. The highest BCUT2D eigenvalue weighted by Crippen LogP contribution is 2.31. The lowest BCUT2D eigenvalue weighted by Crippen LogP contribution is -2.31. The SMILES string of the molecule is CC(C)c1ccc2c(c1)N(C(C)C)CCCC2. The lowest BCUT2D eigenvalue weighted by atomic mass is 9.98. The van der Waals surface area contributed by atoms with Gasteiger partial charge in [0, 0.05) is 18.3 Å². The van der Waals surface area contributed by atoms with Crippen molar-refractivity contribution in [3.8, 4) is 0 Å². The summed E-state index contributed by atoms with van der Waals surface area (Å²) in [6.45, 7) is 10.4. The van der Waals surface area contributed by atoms with E-state index in [4.69, 9.17) is 0 Å². The number of hydrogen-bond acceptors (Lipinski definition) is 1. The molecule has 1 aromatic carbocycles. The van der Waals surface area contributed by atoms with Crippen LogP contribution in [0, 0.1) is 0 Å². The monoisotopic (exact) mass is 231 g/mol. The molecule has 0 fully saturated rings. The molecule has 0 saturated heterocycles. The highest BCUT2D eigenvalue weighted by molar-refractivity contribution is 5.57. The molecule has 0 atom stereocenters. The minimum Gasteiger partial charge on any atom is -0.369 e. The van der Waals surface area contributed by atoms with Crippen LogP contribution < -0.4 is 4.90 Å². The number of fused-ring (bicyclic) bond motifs is 1. The Kier molecular flexibility index (Phi) is 3.76. The molecule has 0 spiro atoms. The predicted octanol–water partition coefficient (Wildman–Crippen LogP) is 4.36. The van der Waals surface area contributed by atoms with Gasteiger partial charge >= 0.3 is 0 Å². The molecule has 0 saturated carbocycles. The first-order valence-corrected chi connectivity index (χ1v) is 6.99. The molecule has 1 nitrogen and oxygen atoms in total. The highest BCUT2D eigenvalue weighted by atomic mass is 15.2. The summed E-state index contributed by atoms with van der Waals surface area (Å²) >= 11 is 0. The largest absolute Gasteiger partial charge is 0.369 e. The van der Waals surface area contributed by atoms with Crippen molar-refractivity contribution in [2.45, 2.75) is 58.9 Å². The molecule has 0 unspecified atom stereocenters. The third-order valence-corrected chi connectivity index (χ3v) is 3.80. The van der Waals surface area contributed by atoms with E-state index in [1.54, 1.807) is 5.56 Å². The van der Waals surface area contributed by atoms with Gasteiger partial charge in [-0.15, -0.1) is 0 Å². The van der Waals surface area contributed by atoms with Crippen LogP contribution in [-0.4, -0.2) is 12.6 Å². The van der Waals surface area contributed by atoms with E-state index in [1.165, 1.54) is 37.1 Å². The van der Waals surface area contributed by atoms with Crippen LogP contribution in [0.4, 0.5) is 5.69 Å². The summed E-state index contributed by atoms with van der Waals surface area (Å²) in [7, 11) is 0. The molecule has 0 aromatic heterocycles. The van der Waals surface area contributed by atoms with Crippen LogP contribution in [0.1, 0.15) is 57.6 Å². The van der Waals surface area contributed by atoms with Crippen molar-refractivity contribution in [3.63, 3.8) is 0 Å². The van der Waals surface area contributed by atoms with Gasteiger partial charge < -0.3 is 4.90 Å². The second-order valence-electron chi connectivity index (χ2n) is 5.79. The van der Waals surface area contributed by atoms with Gasteiger partial charge in [0.15, 0.2) is 0 Å². The molecule has 1 aliphatic heterocycles. The highest BCUT2D eigenvalue weighted by Gasteiger charge is 2.18. The van der Waals surface area contributed by atoms with Gasteiger partial charge in [0.1, 0.15) is 0 Å². The second kappa shape index (κ2) is 5.12. The first kappa shape index (κ1) is 12.5. The van der Waals surface area contributed by atoms with Gasteiger partial charge in [-0.05, 0) is 56.2 Å². The van der Waals surface area contributed by atoms with E-state index in [2.05, 4.69) is 50.8 Å². The first-order valence-electron chi connectivity index (χ1n) is 6.99. The molecular weight excluding hydrogens is 206 g/mol. The Morgan fingerprint density at radius 2 is 1.82 bits per heavy atom. The van der Waals surface area contributed by atoms with E-state index in [0.717, 1.165) is 0 Å². The molecule has 1 aromatic rings. The van der Waals surface area contributed by atoms with Crippen molar-refractivity contribution in [1.29, 1.82) is 0 Å². The summed E-state index contributed by atoms with van der Waals surface area (Å²) in [5.41, 5.74) is 4.50. The summed E-state index contributed by atoms with van der Waals surface area (Å²) in [5, 5.41) is 0. The van der Waals surface area contributed by atoms with E-state index in [9.17, 15) is 0 Å². The Hall–Kier alpha value is -0.980. The second-order valence-corrected chi connectivity index (χ2v) is 5.79. The minimum atomic E-state index is 0.606. The smallest absolute Gasteiger partial charge is 0.0403 e. The molecule has 1 heterocycles. The molecule has 1 aliphatic rings. The van der Waals surface area contributed by atoms with Crippen LogP contribution in [0.3, 0.4) is 0 Å². The minimum absolute atomic E-state index is 0.606. The molecular formula is C16H25N. The summed E-state index contributed by atoms with van der Waals surface area (Å²) in [6.07, 6.45) is 3.90. The Morgan fingerprint density at radius 1 is 1.06 bits per heavy atom. The molecule has 0 N–H and O–H groups in total. The number of benzene rings is 1. The van der Waals surface area contributed by atoms with Crippen molar-refractivity contribution >= 4 is 5.69 Å². The van der Waals surface area contributed by atoms with Crippen molar-refractivity contribution in [2.75, 3.05) is 11.4 Å². The average Bonchev–Trinajstić information content (AvgIpc) is 2.49. The Balaban J connectivity index is 2.42. The predicted molar refractivity (Wildman–Crippen MR) is 76.0 cm³/mol. The van der Waals surface area contributed by atoms with Crippen LogP contribution in [0.2, 0.25) is 0 Å². The maximum Gasteiger partial charge on any atom is 0.0403 e. The molecule has 0 radical (unpaired) electrons. The summed E-state index contributed by atoms with van der Waals surface area (Å²) in [4.78, 5) is 2.58. The lowest BCUT2D eigenvalue weighted by molar-refractivity contribution is 0.652. The van der Waals surface area contributed by atoms with E-state index < -0.39 is 0 Å². The van der Waals surface area contributed by atoms with Gasteiger partial charge in [-0.2, -0.15) is 0 Å². The average molecular weight is 231 g/mol. The van der Waals surface area contributed by atoms with Crippen LogP contribution >= 0.6 is 0 Å². The van der Waals surface area contributed by atoms with Crippen LogP contribution in [-0.2, 0) is 6.42 Å². The van der Waals surface area contributed by atoms with E-state index >= 15 is 0 Å². The van der Waals surface area contributed by atoms with Crippen LogP contribution in [0.15, 0.2) is 18.2 Å². The van der Waals surface area contributed by atoms with Crippen molar-refractivity contribution in [2.24, 2.45) is 0 Å². The standard InChI is InChI=1S/C16H25N/c1-12(2)15-9-8-14-7-5-6-10-17(13(3)4)16(14)11-15/h8-9,11-13H,5-7,10H2,1-4H3. The molecule has 0 bridgehead atoms. The third-order valence-electron chi connectivity index (χ3n) is 3.80. The summed E-state index contributed by atoms with van der Waals surface area (Å²) < 4.78 is 0. The van der Waals surface area contributed by atoms with Crippen molar-refractivity contribution in [1.82, 2.24) is 0 Å². The van der Waals surface area contributed by atoms with Crippen molar-refractivity contribution in [3.05, 3.63) is 29.3 Å². The Labute approximate surface area is 106 Å². The topological polar surface area (TPSA) is 3.24 Å². The van der Waals surface area contributed by atoms with Gasteiger partial charge in [-0.3, -0.25) is 0 Å². The van der Waals surface area contributed by atoms with Gasteiger partial charge in [0.05, 0.1) is 0 Å². The van der Waals surface area contributed by atoms with Gasteiger partial charge in [0.2, 0.25) is 0 Å². The zero-order valence-electron chi connectivity index (χ0n) is 11.7. The zero-order valence-corrected chi connectivity index (χ0v) is 11.7. The number of aryl methyl sites for hydroxylation is 1. The summed E-state index contributed by atoms with van der Waals surface area (Å²) in [5.74, 6) is 0.623. The van der Waals surface area contributed by atoms with Gasteiger partial charge in [-0.1, -0.05) is 26.0 Å². The number of anilines is 1. The fraction of sp³-hybridized carbons (Fsp3) is 0.625. The lowest BCUT2D eigenvalue weighted by Gasteiger charge is -2.30. The van der Waals surface area contributed by atoms with E-state index in [0.29, 0.717) is 12.0 Å². The molecule has 94 valence electrons. The number of hydrogen-bond donors (Lipinski definition) is 0. The number of nitrogens with zero attached hydrogens (tertiary/aromatic N) is 1. The molecule has 0 amide bonds. The fourth-order valence-corrected chi connectivity index (χ4v) is 2.67. The number of rotatable bonds is 2. The third kappa shape index (κ3) is 2.65. The quantitative estimate of drug-likeness (QED) is 0.731. The first-order chi connectivity index (χ1) is 8.09. The zero-order chi connectivity index (χ0) is 12.4. The van der Waals surface area contributed by atoms with E-state index in [1.807, 2.05) is 0 Å². The maximum atomic E-state index is 2.58. The molecule has 17 heavy (non-hydrogen) atoms. The Bertz CT molecular complexity index is 379. The molecule has 0 aliphatic carbocycles. The van der Waals surface area contributed by atoms with Crippen LogP contribution in [0.5, 0.6) is 0 Å². The Morgan fingerprint density at radius 3 is 2.47 bits per heavy atom. The van der Waals surface area contributed by atoms with Crippen molar-refractivity contribution < 1.29 is 0 Å². The maximum absolute atomic E-state index is 2.58. The van der Waals surface area contributed by atoms with Gasteiger partial charge in [-0.25, -0.2) is 0 Å². The van der Waals surface area contributed by atoms with Gasteiger partial charge in [0.25, 0.3) is 0 Å². The molecule has 2 rings (SSSR count).